The van der Waals surface area contributed by atoms with Gasteiger partial charge in [-0.15, -0.1) is 0 Å². The molecule has 22 heavy (non-hydrogen) atoms. The first-order chi connectivity index (χ1) is 10.3. The number of furan rings is 1. The maximum atomic E-state index is 11.6. The summed E-state index contributed by atoms with van der Waals surface area (Å²) in [7, 11) is -1.86. The molecule has 0 aromatic carbocycles. The minimum absolute atomic E-state index is 0.0834. The van der Waals surface area contributed by atoms with Gasteiger partial charge in [-0.2, -0.15) is 0 Å². The first kappa shape index (κ1) is 17.0. The van der Waals surface area contributed by atoms with Gasteiger partial charge >= 0.3 is 5.97 Å². The van der Waals surface area contributed by atoms with Gasteiger partial charge in [-0.3, -0.25) is 4.90 Å². The number of methoxy groups -OCH3 is 1. The Morgan fingerprint density at radius 2 is 2.27 bits per heavy atom. The zero-order valence-electron chi connectivity index (χ0n) is 13.1. The number of carbonyl (C=O) groups is 1. The number of aryl methyl sites for hydroxylation is 1. The van der Waals surface area contributed by atoms with Crippen LogP contribution in [-0.4, -0.2) is 51.8 Å². The normalized spacial score (nSPS) is 20.0. The monoisotopic (exact) mass is 330 g/mol. The molecule has 1 unspecified atom stereocenters. The molecule has 0 aliphatic carbocycles. The molecule has 1 fully saturated rings. The van der Waals surface area contributed by atoms with Gasteiger partial charge in [0.2, 0.25) is 10.0 Å². The van der Waals surface area contributed by atoms with Crippen LogP contribution in [0.3, 0.4) is 0 Å². The fourth-order valence-electron chi connectivity index (χ4n) is 2.75. The summed E-state index contributed by atoms with van der Waals surface area (Å²) >= 11 is 0. The minimum atomic E-state index is -3.20. The van der Waals surface area contributed by atoms with Crippen LogP contribution in [0.25, 0.3) is 0 Å². The van der Waals surface area contributed by atoms with Crippen molar-refractivity contribution < 1.29 is 22.4 Å². The molecule has 0 radical (unpaired) electrons. The number of sulfonamides is 1. The van der Waals surface area contributed by atoms with E-state index in [1.807, 2.05) is 0 Å². The number of nitrogens with one attached hydrogen (secondary N) is 1. The quantitative estimate of drug-likeness (QED) is 0.807. The van der Waals surface area contributed by atoms with Gasteiger partial charge in [0.15, 0.2) is 0 Å². The molecule has 2 rings (SSSR count). The van der Waals surface area contributed by atoms with Crippen molar-refractivity contribution in [2.45, 2.75) is 32.4 Å². The average molecular weight is 330 g/mol. The summed E-state index contributed by atoms with van der Waals surface area (Å²) in [5.74, 6) is 0.797. The third-order valence-corrected chi connectivity index (χ3v) is 4.40. The molecule has 7 nitrogen and oxygen atoms in total. The van der Waals surface area contributed by atoms with E-state index >= 15 is 0 Å². The van der Waals surface area contributed by atoms with Gasteiger partial charge in [-0.25, -0.2) is 17.9 Å². The summed E-state index contributed by atoms with van der Waals surface area (Å²) in [6.45, 7) is 3.76. The lowest BCUT2D eigenvalue weighted by Gasteiger charge is -2.32. The van der Waals surface area contributed by atoms with Crippen LogP contribution >= 0.6 is 0 Å². The zero-order chi connectivity index (χ0) is 16.3. The van der Waals surface area contributed by atoms with E-state index in [1.54, 1.807) is 13.0 Å². The second-order valence-electron chi connectivity index (χ2n) is 5.64. The third kappa shape index (κ3) is 4.56. The number of piperidine rings is 1. The topological polar surface area (TPSA) is 88.9 Å². The van der Waals surface area contributed by atoms with Crippen molar-refractivity contribution in [1.82, 2.24) is 9.62 Å². The van der Waals surface area contributed by atoms with E-state index in [0.717, 1.165) is 19.4 Å². The minimum Gasteiger partial charge on any atom is -0.465 e. The number of ether oxygens (including phenoxy) is 1. The van der Waals surface area contributed by atoms with Crippen LogP contribution in [-0.2, 0) is 21.3 Å². The Morgan fingerprint density at radius 3 is 2.91 bits per heavy atom. The number of nitrogens with zero attached hydrogens (tertiary/aromatic N) is 1. The summed E-state index contributed by atoms with van der Waals surface area (Å²) in [6, 6.07) is 1.61. The molecule has 1 atom stereocenters. The molecule has 0 bridgehead atoms. The fourth-order valence-corrected chi connectivity index (χ4v) is 3.55. The van der Waals surface area contributed by atoms with Gasteiger partial charge < -0.3 is 9.15 Å². The van der Waals surface area contributed by atoms with Gasteiger partial charge in [0.1, 0.15) is 17.1 Å². The largest absolute Gasteiger partial charge is 0.465 e. The van der Waals surface area contributed by atoms with Crippen LogP contribution in [0.2, 0.25) is 0 Å². The van der Waals surface area contributed by atoms with E-state index in [2.05, 4.69) is 9.62 Å². The highest BCUT2D eigenvalue weighted by Crippen LogP contribution is 2.19. The van der Waals surface area contributed by atoms with Crippen molar-refractivity contribution >= 4 is 16.0 Å². The van der Waals surface area contributed by atoms with Crippen LogP contribution in [0.1, 0.15) is 34.7 Å². The molecule has 2 heterocycles. The second-order valence-corrected chi connectivity index (χ2v) is 7.42. The first-order valence-corrected chi connectivity index (χ1v) is 9.05. The van der Waals surface area contributed by atoms with Crippen LogP contribution in [0, 0.1) is 6.92 Å². The second kappa shape index (κ2) is 6.80. The van der Waals surface area contributed by atoms with E-state index < -0.39 is 16.0 Å². The molecule has 1 aromatic heterocycles. The average Bonchev–Trinajstić information content (AvgIpc) is 2.77. The number of carbonyl (C=O) groups excluding carboxylic acids is 1. The van der Waals surface area contributed by atoms with Gasteiger partial charge in [0.25, 0.3) is 0 Å². The maximum absolute atomic E-state index is 11.6. The Kier molecular flexibility index (Phi) is 5.25. The lowest BCUT2D eigenvalue weighted by atomic mass is 10.1. The number of likely N-dealkylation sites (tertiary alicyclic amines) is 1. The molecule has 1 saturated heterocycles. The molecule has 1 N–H and O–H groups in total. The molecular formula is C14H22N2O5S. The highest BCUT2D eigenvalue weighted by atomic mass is 32.2. The summed E-state index contributed by atoms with van der Waals surface area (Å²) in [4.78, 5) is 13.7. The highest BCUT2D eigenvalue weighted by Gasteiger charge is 2.24. The fraction of sp³-hybridized carbons (Fsp3) is 0.643. The van der Waals surface area contributed by atoms with E-state index in [9.17, 15) is 13.2 Å². The van der Waals surface area contributed by atoms with E-state index in [-0.39, 0.29) is 6.04 Å². The predicted molar refractivity (Wildman–Crippen MR) is 81.1 cm³/mol. The van der Waals surface area contributed by atoms with Crippen molar-refractivity contribution in [3.05, 3.63) is 23.2 Å². The molecule has 1 aliphatic rings. The Bertz CT molecular complexity index is 638. The molecule has 1 aliphatic heterocycles. The Labute approximate surface area is 130 Å². The molecular weight excluding hydrogens is 308 g/mol. The van der Waals surface area contributed by atoms with Crippen LogP contribution < -0.4 is 4.72 Å². The number of rotatable bonds is 5. The van der Waals surface area contributed by atoms with E-state index in [1.165, 1.54) is 13.4 Å². The van der Waals surface area contributed by atoms with Gasteiger partial charge in [0, 0.05) is 12.6 Å². The molecule has 0 amide bonds. The predicted octanol–water partition coefficient (Wildman–Crippen LogP) is 0.888. The summed E-state index contributed by atoms with van der Waals surface area (Å²) in [6.07, 6.45) is 2.91. The Morgan fingerprint density at radius 1 is 1.55 bits per heavy atom. The third-order valence-electron chi connectivity index (χ3n) is 3.64. The van der Waals surface area contributed by atoms with Crippen molar-refractivity contribution in [3.63, 3.8) is 0 Å². The van der Waals surface area contributed by atoms with Crippen LogP contribution in [0.4, 0.5) is 0 Å². The standard InChI is InChI=1S/C14H22N2O5S/c1-10-13(14(17)20-2)7-12(21-10)9-16-6-4-5-11(8-16)15-22(3,18)19/h7,11,15H,4-6,8-9H2,1-3H3. The van der Waals surface area contributed by atoms with Crippen molar-refractivity contribution in [2.75, 3.05) is 26.5 Å². The molecule has 0 spiro atoms. The van der Waals surface area contributed by atoms with Crippen LogP contribution in [0.5, 0.6) is 0 Å². The molecule has 1 aromatic rings. The van der Waals surface area contributed by atoms with Crippen molar-refractivity contribution in [1.29, 1.82) is 0 Å². The first-order valence-electron chi connectivity index (χ1n) is 7.16. The molecule has 0 saturated carbocycles. The number of hydrogen-bond acceptors (Lipinski definition) is 6. The van der Waals surface area contributed by atoms with Gasteiger partial charge in [0.05, 0.1) is 19.9 Å². The Hall–Kier alpha value is -1.38. The highest BCUT2D eigenvalue weighted by molar-refractivity contribution is 7.88. The smallest absolute Gasteiger partial charge is 0.341 e. The van der Waals surface area contributed by atoms with Crippen LogP contribution in [0.15, 0.2) is 10.5 Å². The lowest BCUT2D eigenvalue weighted by molar-refractivity contribution is 0.0599. The van der Waals surface area contributed by atoms with Gasteiger partial charge in [-0.05, 0) is 32.4 Å². The van der Waals surface area contributed by atoms with E-state index in [0.29, 0.717) is 30.2 Å². The van der Waals surface area contributed by atoms with Crippen molar-refractivity contribution in [2.24, 2.45) is 0 Å². The molecule has 124 valence electrons. The zero-order valence-corrected chi connectivity index (χ0v) is 13.9. The summed E-state index contributed by atoms with van der Waals surface area (Å²) in [5, 5.41) is 0. The molecule has 8 heteroatoms. The summed E-state index contributed by atoms with van der Waals surface area (Å²) in [5.41, 5.74) is 0.431. The number of hydrogen-bond donors (Lipinski definition) is 1. The van der Waals surface area contributed by atoms with E-state index in [4.69, 9.17) is 9.15 Å². The van der Waals surface area contributed by atoms with Gasteiger partial charge in [-0.1, -0.05) is 0 Å². The Balaban J connectivity index is 2.00. The summed E-state index contributed by atoms with van der Waals surface area (Å²) < 4.78 is 35.6. The lowest BCUT2D eigenvalue weighted by Crippen LogP contribution is -2.46. The maximum Gasteiger partial charge on any atom is 0.341 e. The number of esters is 1. The van der Waals surface area contributed by atoms with Crippen molar-refractivity contribution in [3.8, 4) is 0 Å². The SMILES string of the molecule is COC(=O)c1cc(CN2CCCC(NS(C)(=O)=O)C2)oc1C.